The zero-order chi connectivity index (χ0) is 21.3. The van der Waals surface area contributed by atoms with E-state index in [2.05, 4.69) is 52.4 Å². The minimum absolute atomic E-state index is 0.127. The van der Waals surface area contributed by atoms with Gasteiger partial charge in [0.05, 0.1) is 0 Å². The number of aryl methyl sites for hydroxylation is 1. The SMILES string of the molecule is CCc1ccc(C2=N[C@H](c3ccc(Cl)cc3Cl)N[C@@H](c3cc(Br)ccc3O)C2)cc1. The second-order valence-electron chi connectivity index (χ2n) is 7.32. The molecule has 0 saturated carbocycles. The first-order valence-corrected chi connectivity index (χ1v) is 11.3. The molecule has 0 aromatic heterocycles. The highest BCUT2D eigenvalue weighted by Gasteiger charge is 2.28. The van der Waals surface area contributed by atoms with E-state index in [1.165, 1.54) is 5.56 Å². The second kappa shape index (κ2) is 9.11. The van der Waals surface area contributed by atoms with Crippen molar-refractivity contribution in [2.24, 2.45) is 4.99 Å². The van der Waals surface area contributed by atoms with Crippen molar-refractivity contribution in [1.29, 1.82) is 0 Å². The van der Waals surface area contributed by atoms with E-state index in [0.29, 0.717) is 16.5 Å². The number of hydrogen-bond acceptors (Lipinski definition) is 3. The first-order valence-electron chi connectivity index (χ1n) is 9.80. The summed E-state index contributed by atoms with van der Waals surface area (Å²) in [5.41, 5.74) is 4.99. The molecule has 30 heavy (non-hydrogen) atoms. The van der Waals surface area contributed by atoms with Crippen molar-refractivity contribution >= 4 is 44.8 Å². The monoisotopic (exact) mass is 502 g/mol. The number of hydrogen-bond donors (Lipinski definition) is 2. The lowest BCUT2D eigenvalue weighted by Gasteiger charge is -2.31. The summed E-state index contributed by atoms with van der Waals surface area (Å²) in [7, 11) is 0. The molecule has 0 amide bonds. The van der Waals surface area contributed by atoms with Crippen LogP contribution in [0.5, 0.6) is 5.75 Å². The van der Waals surface area contributed by atoms with Gasteiger partial charge in [-0.25, -0.2) is 0 Å². The molecule has 0 unspecified atom stereocenters. The van der Waals surface area contributed by atoms with Crippen LogP contribution in [0.25, 0.3) is 0 Å². The molecule has 3 aromatic carbocycles. The van der Waals surface area contributed by atoms with Crippen molar-refractivity contribution in [3.63, 3.8) is 0 Å². The molecule has 1 heterocycles. The van der Waals surface area contributed by atoms with Crippen LogP contribution in [0.4, 0.5) is 0 Å². The summed E-state index contributed by atoms with van der Waals surface area (Å²) in [5, 5.41) is 15.2. The van der Waals surface area contributed by atoms with Crippen LogP contribution in [-0.4, -0.2) is 10.8 Å². The van der Waals surface area contributed by atoms with Gasteiger partial charge in [0.15, 0.2) is 0 Å². The third kappa shape index (κ3) is 4.57. The Labute approximate surface area is 194 Å². The number of rotatable bonds is 4. The first kappa shape index (κ1) is 21.4. The fourth-order valence-electron chi connectivity index (χ4n) is 3.70. The lowest BCUT2D eigenvalue weighted by atomic mass is 9.93. The summed E-state index contributed by atoms with van der Waals surface area (Å²) in [6.07, 6.45) is 1.29. The van der Waals surface area contributed by atoms with Crippen molar-refractivity contribution in [2.75, 3.05) is 0 Å². The van der Waals surface area contributed by atoms with Crippen LogP contribution >= 0.6 is 39.1 Å². The van der Waals surface area contributed by atoms with Gasteiger partial charge in [-0.05, 0) is 47.9 Å². The number of halogens is 3. The normalized spacial score (nSPS) is 18.9. The maximum atomic E-state index is 10.5. The molecule has 6 heteroatoms. The van der Waals surface area contributed by atoms with E-state index in [4.69, 9.17) is 28.2 Å². The quantitative estimate of drug-likeness (QED) is 0.393. The van der Waals surface area contributed by atoms with Gasteiger partial charge in [0.2, 0.25) is 0 Å². The van der Waals surface area contributed by atoms with Gasteiger partial charge < -0.3 is 5.11 Å². The average Bonchev–Trinajstić information content (AvgIpc) is 2.75. The van der Waals surface area contributed by atoms with Crippen LogP contribution in [0.2, 0.25) is 10.0 Å². The van der Waals surface area contributed by atoms with Crippen LogP contribution in [-0.2, 0) is 6.42 Å². The number of nitrogens with zero attached hydrogens (tertiary/aromatic N) is 1. The van der Waals surface area contributed by atoms with Gasteiger partial charge in [-0.15, -0.1) is 0 Å². The molecule has 3 nitrogen and oxygen atoms in total. The molecule has 0 saturated heterocycles. The van der Waals surface area contributed by atoms with Crippen molar-refractivity contribution in [2.45, 2.75) is 32.0 Å². The number of phenolic OH excluding ortho intramolecular Hbond substituents is 1. The first-order chi connectivity index (χ1) is 14.4. The van der Waals surface area contributed by atoms with Crippen molar-refractivity contribution in [3.8, 4) is 5.75 Å². The summed E-state index contributed by atoms with van der Waals surface area (Å²) in [4.78, 5) is 4.98. The predicted octanol–water partition coefficient (Wildman–Crippen LogP) is 7.25. The largest absolute Gasteiger partial charge is 0.508 e. The maximum absolute atomic E-state index is 10.5. The van der Waals surface area contributed by atoms with Crippen molar-refractivity contribution in [1.82, 2.24) is 5.32 Å². The Morgan fingerprint density at radius 2 is 1.80 bits per heavy atom. The Hall–Kier alpha value is -1.85. The van der Waals surface area contributed by atoms with Gasteiger partial charge in [-0.3, -0.25) is 10.3 Å². The summed E-state index contributed by atoms with van der Waals surface area (Å²) >= 11 is 16.1. The Balaban J connectivity index is 1.78. The minimum Gasteiger partial charge on any atom is -0.508 e. The van der Waals surface area contributed by atoms with Crippen LogP contribution < -0.4 is 5.32 Å². The standard InChI is InChI=1S/C24H21BrCl2N2O/c1-2-14-3-5-15(6-4-14)21-13-22(19-11-16(25)7-10-23(19)30)29-24(28-21)18-9-8-17(26)12-20(18)27/h3-12,22,24,29-30H,2,13H2,1H3/t22-,24+/m1/s1. The summed E-state index contributed by atoms with van der Waals surface area (Å²) in [5.74, 6) is 0.249. The topological polar surface area (TPSA) is 44.6 Å². The summed E-state index contributed by atoms with van der Waals surface area (Å²) in [6, 6.07) is 19.3. The average molecular weight is 504 g/mol. The molecule has 1 aliphatic rings. The highest BCUT2D eigenvalue weighted by molar-refractivity contribution is 9.10. The molecule has 3 aromatic rings. The Morgan fingerprint density at radius 1 is 1.03 bits per heavy atom. The Morgan fingerprint density at radius 3 is 2.50 bits per heavy atom. The third-order valence-electron chi connectivity index (χ3n) is 5.36. The second-order valence-corrected chi connectivity index (χ2v) is 9.08. The van der Waals surface area contributed by atoms with Gasteiger partial charge in [-0.1, -0.05) is 76.4 Å². The molecule has 154 valence electrons. The third-order valence-corrected chi connectivity index (χ3v) is 6.41. The number of benzene rings is 3. The highest BCUT2D eigenvalue weighted by Crippen LogP contribution is 2.37. The van der Waals surface area contributed by atoms with E-state index in [0.717, 1.165) is 33.3 Å². The molecular weight excluding hydrogens is 483 g/mol. The smallest absolute Gasteiger partial charge is 0.127 e. The highest BCUT2D eigenvalue weighted by atomic mass is 79.9. The van der Waals surface area contributed by atoms with Gasteiger partial charge in [0, 0.05) is 43.8 Å². The number of aromatic hydroxyl groups is 1. The van der Waals surface area contributed by atoms with E-state index < -0.39 is 0 Å². The van der Waals surface area contributed by atoms with Crippen molar-refractivity contribution < 1.29 is 5.11 Å². The maximum Gasteiger partial charge on any atom is 0.127 e. The molecule has 0 fully saturated rings. The molecule has 0 aliphatic carbocycles. The lowest BCUT2D eigenvalue weighted by molar-refractivity contribution is 0.412. The summed E-state index contributed by atoms with van der Waals surface area (Å²) in [6.45, 7) is 2.14. The molecular formula is C24H21BrCl2N2O. The van der Waals surface area contributed by atoms with Gasteiger partial charge in [0.25, 0.3) is 0 Å². The van der Waals surface area contributed by atoms with Crippen LogP contribution in [0.3, 0.4) is 0 Å². The fraction of sp³-hybridized carbons (Fsp3) is 0.208. The van der Waals surface area contributed by atoms with Crippen LogP contribution in [0, 0.1) is 0 Å². The number of phenols is 1. The fourth-order valence-corrected chi connectivity index (χ4v) is 4.59. The molecule has 0 spiro atoms. The zero-order valence-electron chi connectivity index (χ0n) is 16.4. The van der Waals surface area contributed by atoms with E-state index in [1.807, 2.05) is 24.3 Å². The molecule has 0 radical (unpaired) electrons. The molecule has 0 bridgehead atoms. The Kier molecular flexibility index (Phi) is 6.49. The number of aliphatic imine (C=N–C) groups is 1. The van der Waals surface area contributed by atoms with Crippen LogP contribution in [0.1, 0.15) is 47.8 Å². The van der Waals surface area contributed by atoms with Crippen LogP contribution in [0.15, 0.2) is 70.1 Å². The van der Waals surface area contributed by atoms with E-state index >= 15 is 0 Å². The molecule has 2 N–H and O–H groups in total. The zero-order valence-corrected chi connectivity index (χ0v) is 19.5. The molecule has 1 aliphatic heterocycles. The van der Waals surface area contributed by atoms with E-state index in [9.17, 15) is 5.11 Å². The lowest BCUT2D eigenvalue weighted by Crippen LogP contribution is -2.33. The van der Waals surface area contributed by atoms with E-state index in [1.54, 1.807) is 12.1 Å². The van der Waals surface area contributed by atoms with Gasteiger partial charge in [0.1, 0.15) is 11.9 Å². The number of nitrogens with one attached hydrogen (secondary N) is 1. The van der Waals surface area contributed by atoms with E-state index in [-0.39, 0.29) is 18.0 Å². The van der Waals surface area contributed by atoms with Crippen molar-refractivity contribution in [3.05, 3.63) is 97.4 Å². The van der Waals surface area contributed by atoms with Gasteiger partial charge in [-0.2, -0.15) is 0 Å². The Bertz CT molecular complexity index is 1100. The predicted molar refractivity (Wildman–Crippen MR) is 128 cm³/mol. The minimum atomic E-state index is -0.354. The molecule has 2 atom stereocenters. The summed E-state index contributed by atoms with van der Waals surface area (Å²) < 4.78 is 0.912. The van der Waals surface area contributed by atoms with Gasteiger partial charge >= 0.3 is 0 Å². The molecule has 4 rings (SSSR count).